The van der Waals surface area contributed by atoms with E-state index in [1.807, 2.05) is 0 Å². The van der Waals surface area contributed by atoms with Crippen LogP contribution in [0.5, 0.6) is 5.75 Å². The first-order chi connectivity index (χ1) is 11.8. The number of anilines is 2. The molecule has 1 unspecified atom stereocenters. The summed E-state index contributed by atoms with van der Waals surface area (Å²) in [4.78, 5) is 23.2. The first-order valence-electron chi connectivity index (χ1n) is 7.12. The summed E-state index contributed by atoms with van der Waals surface area (Å²) < 4.78 is 37.5. The molecule has 1 aromatic heterocycles. The Kier molecular flexibility index (Phi) is 4.39. The third-order valence-corrected chi connectivity index (χ3v) is 5.90. The molecule has 8 nitrogen and oxygen atoms in total. The molecule has 1 aromatic carbocycles. The van der Waals surface area contributed by atoms with Crippen LogP contribution in [0.1, 0.15) is 16.6 Å². The van der Waals surface area contributed by atoms with Crippen LogP contribution < -0.4 is 14.8 Å². The highest BCUT2D eigenvalue weighted by Gasteiger charge is 2.27. The molecule has 0 fully saturated rings. The van der Waals surface area contributed by atoms with Gasteiger partial charge >= 0.3 is 5.97 Å². The van der Waals surface area contributed by atoms with E-state index in [0.717, 1.165) is 11.3 Å². The average Bonchev–Trinajstić information content (AvgIpc) is 3.06. The van der Waals surface area contributed by atoms with Crippen LogP contribution in [0.15, 0.2) is 34.5 Å². The van der Waals surface area contributed by atoms with Crippen LogP contribution in [0.25, 0.3) is 0 Å². The number of benzene rings is 1. The van der Waals surface area contributed by atoms with Gasteiger partial charge < -0.3 is 14.8 Å². The molecule has 0 saturated heterocycles. The van der Waals surface area contributed by atoms with E-state index in [0.29, 0.717) is 11.4 Å². The Morgan fingerprint density at radius 3 is 2.84 bits per heavy atom. The highest BCUT2D eigenvalue weighted by atomic mass is 32.2. The number of thiophene rings is 1. The van der Waals surface area contributed by atoms with Gasteiger partial charge in [0, 0.05) is 0 Å². The van der Waals surface area contributed by atoms with Crippen LogP contribution in [-0.2, 0) is 19.6 Å². The smallest absolute Gasteiger partial charge is 0.349 e. The van der Waals surface area contributed by atoms with Crippen molar-refractivity contribution in [3.8, 4) is 5.75 Å². The molecule has 0 bridgehead atoms. The molecule has 1 aliphatic heterocycles. The molecule has 1 atom stereocenters. The minimum absolute atomic E-state index is 0.0154. The van der Waals surface area contributed by atoms with Crippen molar-refractivity contribution >= 4 is 44.6 Å². The predicted octanol–water partition coefficient (Wildman–Crippen LogP) is 2.05. The van der Waals surface area contributed by atoms with Gasteiger partial charge in [-0.25, -0.2) is 13.2 Å². The minimum Gasteiger partial charge on any atom is -0.479 e. The Labute approximate surface area is 147 Å². The second-order valence-electron chi connectivity index (χ2n) is 5.17. The molecule has 2 aromatic rings. The van der Waals surface area contributed by atoms with Crippen LogP contribution in [0, 0.1) is 0 Å². The molecule has 0 saturated carbocycles. The molecule has 25 heavy (non-hydrogen) atoms. The summed E-state index contributed by atoms with van der Waals surface area (Å²) in [5.74, 6) is -0.602. The van der Waals surface area contributed by atoms with Crippen molar-refractivity contribution in [1.82, 2.24) is 0 Å². The van der Waals surface area contributed by atoms with Gasteiger partial charge in [0.2, 0.25) is 0 Å². The van der Waals surface area contributed by atoms with Gasteiger partial charge in [-0.3, -0.25) is 9.52 Å². The maximum absolute atomic E-state index is 12.6. The summed E-state index contributed by atoms with van der Waals surface area (Å²) in [6.45, 7) is 1.61. The third-order valence-electron chi connectivity index (χ3n) is 3.45. The van der Waals surface area contributed by atoms with E-state index in [1.54, 1.807) is 13.0 Å². The number of hydrogen-bond donors (Lipinski definition) is 2. The number of esters is 1. The van der Waals surface area contributed by atoms with Crippen LogP contribution >= 0.6 is 11.3 Å². The maximum Gasteiger partial charge on any atom is 0.349 e. The number of rotatable bonds is 4. The second kappa shape index (κ2) is 6.37. The molecule has 10 heteroatoms. The van der Waals surface area contributed by atoms with Crippen molar-refractivity contribution in [2.45, 2.75) is 17.9 Å². The lowest BCUT2D eigenvalue weighted by molar-refractivity contribution is -0.122. The van der Waals surface area contributed by atoms with Crippen LogP contribution in [-0.4, -0.2) is 33.5 Å². The minimum atomic E-state index is -4.00. The van der Waals surface area contributed by atoms with Crippen LogP contribution in [0.3, 0.4) is 0 Å². The fourth-order valence-corrected chi connectivity index (χ4v) is 4.62. The van der Waals surface area contributed by atoms with Gasteiger partial charge in [0.05, 0.1) is 18.5 Å². The van der Waals surface area contributed by atoms with Gasteiger partial charge in [0.15, 0.2) is 6.10 Å². The summed E-state index contributed by atoms with van der Waals surface area (Å²) >= 11 is 0.972. The van der Waals surface area contributed by atoms with E-state index in [9.17, 15) is 18.0 Å². The Morgan fingerprint density at radius 2 is 2.12 bits per heavy atom. The predicted molar refractivity (Wildman–Crippen MR) is 91.6 cm³/mol. The van der Waals surface area contributed by atoms with Crippen molar-refractivity contribution in [3.05, 3.63) is 34.5 Å². The average molecular weight is 382 g/mol. The number of nitrogens with one attached hydrogen (secondary N) is 2. The molecule has 0 spiro atoms. The van der Waals surface area contributed by atoms with E-state index in [2.05, 4.69) is 14.8 Å². The first kappa shape index (κ1) is 17.2. The summed E-state index contributed by atoms with van der Waals surface area (Å²) in [6, 6.07) is 5.83. The van der Waals surface area contributed by atoms with Crippen molar-refractivity contribution in [3.63, 3.8) is 0 Å². The van der Waals surface area contributed by atoms with Crippen molar-refractivity contribution in [1.29, 1.82) is 0 Å². The number of sulfonamides is 1. The fourth-order valence-electron chi connectivity index (χ4n) is 2.23. The summed E-state index contributed by atoms with van der Waals surface area (Å²) in [6.07, 6.45) is -0.622. The summed E-state index contributed by atoms with van der Waals surface area (Å²) in [7, 11) is -2.82. The lowest BCUT2D eigenvalue weighted by Crippen LogP contribution is -2.34. The normalized spacial score (nSPS) is 16.4. The largest absolute Gasteiger partial charge is 0.479 e. The molecule has 132 valence electrons. The van der Waals surface area contributed by atoms with E-state index in [1.165, 1.54) is 30.7 Å². The third kappa shape index (κ3) is 3.30. The zero-order valence-corrected chi connectivity index (χ0v) is 14.9. The zero-order chi connectivity index (χ0) is 18.2. The molecule has 1 aliphatic rings. The number of fused-ring (bicyclic) bond motifs is 1. The Balaban J connectivity index is 1.90. The Bertz CT molecular complexity index is 951. The molecule has 0 radical (unpaired) electrons. The molecular formula is C15H14N2O6S2. The SMILES string of the molecule is COC(=O)c1sccc1S(=O)(=O)Nc1ccc2c(c1)NC(=O)C(C)O2. The highest BCUT2D eigenvalue weighted by molar-refractivity contribution is 7.93. The van der Waals surface area contributed by atoms with Gasteiger partial charge in [-0.2, -0.15) is 0 Å². The number of methoxy groups -OCH3 is 1. The van der Waals surface area contributed by atoms with E-state index in [-0.39, 0.29) is 21.4 Å². The zero-order valence-electron chi connectivity index (χ0n) is 13.2. The highest BCUT2D eigenvalue weighted by Crippen LogP contribution is 2.33. The quantitative estimate of drug-likeness (QED) is 0.783. The van der Waals surface area contributed by atoms with Gasteiger partial charge in [0.1, 0.15) is 15.5 Å². The van der Waals surface area contributed by atoms with Gasteiger partial charge in [0.25, 0.3) is 15.9 Å². The lowest BCUT2D eigenvalue weighted by atomic mass is 10.2. The number of ether oxygens (including phenoxy) is 2. The van der Waals surface area contributed by atoms with Crippen LogP contribution in [0.4, 0.5) is 11.4 Å². The first-order valence-corrected chi connectivity index (χ1v) is 9.48. The molecule has 2 N–H and O–H groups in total. The topological polar surface area (TPSA) is 111 Å². The molecule has 0 aliphatic carbocycles. The molecular weight excluding hydrogens is 368 g/mol. The standard InChI is InChI=1S/C15H14N2O6S2/c1-8-14(18)16-10-7-9(3-4-11(10)23-8)17-25(20,21)12-5-6-24-13(12)15(19)22-2/h3-8,17H,1-2H3,(H,16,18). The monoisotopic (exact) mass is 382 g/mol. The van der Waals surface area contributed by atoms with Gasteiger partial charge in [-0.1, -0.05) is 0 Å². The van der Waals surface area contributed by atoms with Gasteiger partial charge in [-0.05, 0) is 36.6 Å². The second-order valence-corrected chi connectivity index (χ2v) is 7.74. The lowest BCUT2D eigenvalue weighted by Gasteiger charge is -2.23. The number of carbonyl (C=O) groups is 2. The number of hydrogen-bond acceptors (Lipinski definition) is 7. The van der Waals surface area contributed by atoms with Gasteiger partial charge in [-0.15, -0.1) is 11.3 Å². The maximum atomic E-state index is 12.6. The van der Waals surface area contributed by atoms with Crippen molar-refractivity contribution < 1.29 is 27.5 Å². The molecule has 3 rings (SSSR count). The summed E-state index contributed by atoms with van der Waals surface area (Å²) in [5.41, 5.74) is 0.584. The van der Waals surface area contributed by atoms with Crippen LogP contribution in [0.2, 0.25) is 0 Å². The molecule has 1 amide bonds. The number of carbonyl (C=O) groups excluding carboxylic acids is 2. The van der Waals surface area contributed by atoms with E-state index >= 15 is 0 Å². The fraction of sp³-hybridized carbons (Fsp3) is 0.200. The Hall–Kier alpha value is -2.59. The van der Waals surface area contributed by atoms with Crippen molar-refractivity contribution in [2.24, 2.45) is 0 Å². The summed E-state index contributed by atoms with van der Waals surface area (Å²) in [5, 5.41) is 4.13. The van der Waals surface area contributed by atoms with E-state index in [4.69, 9.17) is 4.74 Å². The van der Waals surface area contributed by atoms with E-state index < -0.39 is 22.1 Å². The van der Waals surface area contributed by atoms with Crippen molar-refractivity contribution in [2.75, 3.05) is 17.1 Å². The Morgan fingerprint density at radius 1 is 1.36 bits per heavy atom. The number of amides is 1. The molecule has 2 heterocycles.